The zero-order valence-electron chi connectivity index (χ0n) is 11.5. The molecule has 3 rings (SSSR count). The molecular formula is C16H19NOS. The summed E-state index contributed by atoms with van der Waals surface area (Å²) in [5.41, 5.74) is 1.07. The topological polar surface area (TPSA) is 26.0 Å². The van der Waals surface area contributed by atoms with E-state index in [1.54, 1.807) is 23.8 Å². The zero-order chi connectivity index (χ0) is 13.9. The van der Waals surface area contributed by atoms with E-state index in [0.717, 1.165) is 11.5 Å². The van der Waals surface area contributed by atoms with E-state index in [2.05, 4.69) is 29.4 Å². The van der Waals surface area contributed by atoms with Gasteiger partial charge in [0.2, 0.25) is 0 Å². The first-order chi connectivity index (χ1) is 9.18. The molecule has 3 aromatic heterocycles. The number of aryl methyl sites for hydroxylation is 3. The lowest BCUT2D eigenvalue weighted by Crippen LogP contribution is -1.72. The van der Waals surface area contributed by atoms with Gasteiger partial charge in [-0.1, -0.05) is 12.1 Å². The predicted octanol–water partition coefficient (Wildman–Crippen LogP) is 5.03. The molecule has 0 aromatic carbocycles. The third-order valence-corrected chi connectivity index (χ3v) is 2.94. The first-order valence-electron chi connectivity index (χ1n) is 6.06. The van der Waals surface area contributed by atoms with E-state index in [1.165, 1.54) is 4.88 Å². The zero-order valence-corrected chi connectivity index (χ0v) is 12.4. The fraction of sp³-hybridized carbons (Fsp3) is 0.188. The molecule has 0 N–H and O–H groups in total. The molecule has 3 heterocycles. The normalized spacial score (nSPS) is 8.79. The Balaban J connectivity index is 0.000000143. The number of thiophene rings is 1. The summed E-state index contributed by atoms with van der Waals surface area (Å²) < 4.78 is 4.83. The summed E-state index contributed by atoms with van der Waals surface area (Å²) in [7, 11) is 0. The van der Waals surface area contributed by atoms with Crippen LogP contribution in [0.5, 0.6) is 0 Å². The first kappa shape index (κ1) is 15.2. The van der Waals surface area contributed by atoms with E-state index in [-0.39, 0.29) is 0 Å². The van der Waals surface area contributed by atoms with Gasteiger partial charge in [-0.05, 0) is 56.5 Å². The monoisotopic (exact) mass is 273 g/mol. The van der Waals surface area contributed by atoms with Gasteiger partial charge in [-0.2, -0.15) is 0 Å². The van der Waals surface area contributed by atoms with Gasteiger partial charge in [0.1, 0.15) is 5.76 Å². The average Bonchev–Trinajstić information content (AvgIpc) is 3.05. The van der Waals surface area contributed by atoms with Crippen molar-refractivity contribution in [2.75, 3.05) is 0 Å². The Labute approximate surface area is 118 Å². The molecule has 0 radical (unpaired) electrons. The van der Waals surface area contributed by atoms with E-state index in [1.807, 2.05) is 44.2 Å². The average molecular weight is 273 g/mol. The fourth-order valence-electron chi connectivity index (χ4n) is 1.17. The highest BCUT2D eigenvalue weighted by Gasteiger charge is 1.76. The quantitative estimate of drug-likeness (QED) is 0.574. The lowest BCUT2D eigenvalue weighted by atomic mass is 10.4. The van der Waals surface area contributed by atoms with Crippen molar-refractivity contribution < 1.29 is 4.42 Å². The van der Waals surface area contributed by atoms with Crippen molar-refractivity contribution in [3.05, 3.63) is 76.6 Å². The summed E-state index contributed by atoms with van der Waals surface area (Å²) in [5.74, 6) is 0.968. The smallest absolute Gasteiger partial charge is 0.100 e. The molecule has 3 heteroatoms. The molecule has 0 aliphatic carbocycles. The fourth-order valence-corrected chi connectivity index (χ4v) is 1.70. The molecule has 0 spiro atoms. The minimum Gasteiger partial charge on any atom is -0.470 e. The van der Waals surface area contributed by atoms with E-state index >= 15 is 0 Å². The Hall–Kier alpha value is -1.87. The Morgan fingerprint density at radius 1 is 0.947 bits per heavy atom. The molecule has 0 atom stereocenters. The molecule has 19 heavy (non-hydrogen) atoms. The maximum Gasteiger partial charge on any atom is 0.100 e. The molecule has 0 aliphatic rings. The third kappa shape index (κ3) is 7.95. The van der Waals surface area contributed by atoms with Crippen LogP contribution in [-0.2, 0) is 0 Å². The van der Waals surface area contributed by atoms with E-state index in [4.69, 9.17) is 4.42 Å². The second kappa shape index (κ2) is 9.11. The van der Waals surface area contributed by atoms with Crippen molar-refractivity contribution in [3.8, 4) is 0 Å². The van der Waals surface area contributed by atoms with Gasteiger partial charge in [0.15, 0.2) is 0 Å². The molecule has 3 aromatic rings. The molecule has 0 amide bonds. The summed E-state index contributed by atoms with van der Waals surface area (Å²) >= 11 is 1.78. The number of aromatic nitrogens is 1. The van der Waals surface area contributed by atoms with Crippen molar-refractivity contribution in [3.63, 3.8) is 0 Å². The molecule has 2 nitrogen and oxygen atoms in total. The van der Waals surface area contributed by atoms with Gasteiger partial charge in [-0.25, -0.2) is 0 Å². The standard InChI is InChI=1S/C6H7N.C5H6O.C5H6S/c1-6-4-2-3-5-7-6;2*1-5-3-2-4-6-5/h2-5H,1H3;2*2-4H,1H3. The van der Waals surface area contributed by atoms with Gasteiger partial charge in [-0.3, -0.25) is 4.98 Å². The summed E-state index contributed by atoms with van der Waals surface area (Å²) in [4.78, 5) is 5.36. The minimum atomic E-state index is 0.968. The van der Waals surface area contributed by atoms with E-state index in [0.29, 0.717) is 0 Å². The van der Waals surface area contributed by atoms with Crippen molar-refractivity contribution in [1.29, 1.82) is 0 Å². The highest BCUT2D eigenvalue weighted by Crippen LogP contribution is 2.03. The molecule has 0 aliphatic heterocycles. The minimum absolute atomic E-state index is 0.968. The molecule has 0 saturated heterocycles. The lowest BCUT2D eigenvalue weighted by Gasteiger charge is -1.82. The molecular weight excluding hydrogens is 254 g/mol. The predicted molar refractivity (Wildman–Crippen MR) is 81.5 cm³/mol. The van der Waals surface area contributed by atoms with Crippen LogP contribution in [0.3, 0.4) is 0 Å². The molecule has 0 unspecified atom stereocenters. The van der Waals surface area contributed by atoms with E-state index < -0.39 is 0 Å². The number of rotatable bonds is 0. The van der Waals surface area contributed by atoms with Gasteiger partial charge >= 0.3 is 0 Å². The van der Waals surface area contributed by atoms with Crippen LogP contribution in [-0.4, -0.2) is 4.98 Å². The maximum atomic E-state index is 4.83. The highest BCUT2D eigenvalue weighted by molar-refractivity contribution is 7.09. The van der Waals surface area contributed by atoms with Crippen LogP contribution in [0.1, 0.15) is 16.3 Å². The van der Waals surface area contributed by atoms with Crippen molar-refractivity contribution in [2.45, 2.75) is 20.8 Å². The van der Waals surface area contributed by atoms with Crippen LogP contribution in [0.15, 0.2) is 64.7 Å². The number of furan rings is 1. The molecule has 0 bridgehead atoms. The highest BCUT2D eigenvalue weighted by atomic mass is 32.1. The summed E-state index contributed by atoms with van der Waals surface area (Å²) in [6.45, 7) is 5.99. The molecule has 0 fully saturated rings. The van der Waals surface area contributed by atoms with E-state index in [9.17, 15) is 0 Å². The third-order valence-electron chi connectivity index (χ3n) is 2.14. The van der Waals surface area contributed by atoms with Gasteiger partial charge < -0.3 is 4.42 Å². The van der Waals surface area contributed by atoms with Crippen molar-refractivity contribution >= 4 is 11.3 Å². The summed E-state index contributed by atoms with van der Waals surface area (Å²) in [6.07, 6.45) is 3.45. The number of hydrogen-bond acceptors (Lipinski definition) is 3. The lowest BCUT2D eigenvalue weighted by molar-refractivity contribution is 0.534. The number of pyridine rings is 1. The molecule has 100 valence electrons. The second-order valence-corrected chi connectivity index (χ2v) is 5.07. The van der Waals surface area contributed by atoms with Gasteiger partial charge in [0, 0.05) is 16.8 Å². The SMILES string of the molecule is Cc1ccccn1.Cc1ccco1.Cc1cccs1. The Bertz CT molecular complexity index is 483. The Kier molecular flexibility index (Phi) is 7.28. The number of hydrogen-bond donors (Lipinski definition) is 0. The summed E-state index contributed by atoms with van der Waals surface area (Å²) in [6, 6.07) is 13.8. The maximum absolute atomic E-state index is 4.83. The van der Waals surface area contributed by atoms with Gasteiger partial charge in [0.05, 0.1) is 6.26 Å². The Morgan fingerprint density at radius 2 is 1.79 bits per heavy atom. The molecule has 0 saturated carbocycles. The first-order valence-corrected chi connectivity index (χ1v) is 6.94. The van der Waals surface area contributed by atoms with Gasteiger partial charge in [-0.15, -0.1) is 11.3 Å². The van der Waals surface area contributed by atoms with Crippen LogP contribution in [0, 0.1) is 20.8 Å². The van der Waals surface area contributed by atoms with Crippen LogP contribution in [0.4, 0.5) is 0 Å². The Morgan fingerprint density at radius 3 is 2.00 bits per heavy atom. The van der Waals surface area contributed by atoms with Crippen molar-refractivity contribution in [1.82, 2.24) is 4.98 Å². The summed E-state index contributed by atoms with van der Waals surface area (Å²) in [5, 5.41) is 2.08. The van der Waals surface area contributed by atoms with Crippen LogP contribution >= 0.6 is 11.3 Å². The van der Waals surface area contributed by atoms with Crippen LogP contribution in [0.25, 0.3) is 0 Å². The van der Waals surface area contributed by atoms with Gasteiger partial charge in [0.25, 0.3) is 0 Å². The van der Waals surface area contributed by atoms with Crippen molar-refractivity contribution in [2.24, 2.45) is 0 Å². The van der Waals surface area contributed by atoms with Crippen LogP contribution < -0.4 is 0 Å². The van der Waals surface area contributed by atoms with Crippen LogP contribution in [0.2, 0.25) is 0 Å². The number of nitrogens with zero attached hydrogens (tertiary/aromatic N) is 1. The largest absolute Gasteiger partial charge is 0.470 e. The second-order valence-electron chi connectivity index (χ2n) is 3.92.